The van der Waals surface area contributed by atoms with E-state index in [0.29, 0.717) is 19.6 Å². The van der Waals surface area contributed by atoms with Gasteiger partial charge in [-0.15, -0.1) is 0 Å². The van der Waals surface area contributed by atoms with Crippen LogP contribution >= 0.6 is 0 Å². The van der Waals surface area contributed by atoms with Crippen LogP contribution in [0.2, 0.25) is 0 Å². The summed E-state index contributed by atoms with van der Waals surface area (Å²) in [7, 11) is 2.58. The third-order valence-corrected chi connectivity index (χ3v) is 1.65. The Morgan fingerprint density at radius 1 is 1.20 bits per heavy atom. The minimum atomic E-state index is -0.232. The lowest BCUT2D eigenvalue weighted by Crippen LogP contribution is -2.36. The van der Waals surface area contributed by atoms with Gasteiger partial charge in [-0.3, -0.25) is 0 Å². The van der Waals surface area contributed by atoms with Gasteiger partial charge in [0.25, 0.3) is 0 Å². The lowest BCUT2D eigenvalue weighted by Gasteiger charge is -2.27. The van der Waals surface area contributed by atoms with Crippen LogP contribution in [0, 0.1) is 0 Å². The fourth-order valence-electron chi connectivity index (χ4n) is 0.972. The van der Waals surface area contributed by atoms with Crippen LogP contribution < -0.4 is 0 Å². The number of aliphatic hydroxyl groups excluding tert-OH is 2. The van der Waals surface area contributed by atoms with Crippen molar-refractivity contribution >= 4 is 0 Å². The molecule has 1 saturated heterocycles. The third kappa shape index (κ3) is 8.77. The molecular weight excluding hydrogens is 200 g/mol. The van der Waals surface area contributed by atoms with Crippen LogP contribution in [0.15, 0.2) is 0 Å². The Balaban J connectivity index is 0. The highest BCUT2D eigenvalue weighted by atomic mass is 16.7. The number of aliphatic hydroxyl groups is 2. The zero-order valence-electron chi connectivity index (χ0n) is 10.1. The number of methoxy groups -OCH3 is 1. The van der Waals surface area contributed by atoms with Crippen molar-refractivity contribution in [3.8, 4) is 0 Å². The lowest BCUT2D eigenvalue weighted by atomic mass is 10.2. The van der Waals surface area contributed by atoms with Gasteiger partial charge >= 0.3 is 0 Å². The first kappa shape index (κ1) is 17.2. The number of hydrogen-bond acceptors (Lipinski definition) is 5. The molecule has 2 atom stereocenters. The van der Waals surface area contributed by atoms with Crippen molar-refractivity contribution in [3.05, 3.63) is 0 Å². The molecule has 0 radical (unpaired) electrons. The van der Waals surface area contributed by atoms with Crippen LogP contribution in [0.4, 0.5) is 0 Å². The first-order chi connectivity index (χ1) is 7.36. The molecule has 2 N–H and O–H groups in total. The van der Waals surface area contributed by atoms with Crippen molar-refractivity contribution < 1.29 is 24.4 Å². The predicted octanol–water partition coefficient (Wildman–Crippen LogP) is 0.391. The molecule has 0 aromatic rings. The molecule has 0 aromatic heterocycles. The molecule has 94 valence electrons. The quantitative estimate of drug-likeness (QED) is 0.726. The van der Waals surface area contributed by atoms with E-state index in [1.54, 1.807) is 7.11 Å². The highest BCUT2D eigenvalue weighted by Gasteiger charge is 2.20. The van der Waals surface area contributed by atoms with E-state index in [0.717, 1.165) is 7.11 Å². The Morgan fingerprint density at radius 3 is 2.13 bits per heavy atom. The smallest absolute Gasteiger partial charge is 0.180 e. The highest BCUT2D eigenvalue weighted by Crippen LogP contribution is 2.09. The van der Waals surface area contributed by atoms with Crippen LogP contribution in [0.3, 0.4) is 0 Å². The monoisotopic (exact) mass is 224 g/mol. The fraction of sp³-hybridized carbons (Fsp3) is 1.00. The van der Waals surface area contributed by atoms with Crippen molar-refractivity contribution in [2.24, 2.45) is 0 Å². The van der Waals surface area contributed by atoms with Gasteiger partial charge in [-0.2, -0.15) is 0 Å². The summed E-state index contributed by atoms with van der Waals surface area (Å²) in [5.74, 6) is 0. The Bertz CT molecular complexity index is 102. The maximum absolute atomic E-state index is 8.57. The van der Waals surface area contributed by atoms with Crippen molar-refractivity contribution in [2.45, 2.75) is 32.7 Å². The molecule has 0 spiro atoms. The van der Waals surface area contributed by atoms with E-state index in [9.17, 15) is 0 Å². The summed E-state index contributed by atoms with van der Waals surface area (Å²) in [6.07, 6.45) is 0.438. The summed E-state index contributed by atoms with van der Waals surface area (Å²) >= 11 is 0. The van der Waals surface area contributed by atoms with Crippen molar-refractivity contribution in [1.29, 1.82) is 0 Å². The molecule has 1 fully saturated rings. The zero-order chi connectivity index (χ0) is 12.1. The van der Waals surface area contributed by atoms with Crippen LogP contribution in [-0.2, 0) is 14.2 Å². The normalized spacial score (nSPS) is 24.4. The first-order valence-corrected chi connectivity index (χ1v) is 5.18. The van der Waals surface area contributed by atoms with E-state index in [-0.39, 0.29) is 19.0 Å². The maximum Gasteiger partial charge on any atom is 0.180 e. The van der Waals surface area contributed by atoms with Gasteiger partial charge in [0, 0.05) is 20.8 Å². The van der Waals surface area contributed by atoms with Crippen LogP contribution in [0.5, 0.6) is 0 Å². The molecule has 0 aliphatic carbocycles. The minimum Gasteiger partial charge on any atom is -0.400 e. The van der Waals surface area contributed by atoms with Gasteiger partial charge in [-0.05, 0) is 6.42 Å². The minimum absolute atomic E-state index is 0.0337. The van der Waals surface area contributed by atoms with Gasteiger partial charge in [-0.25, -0.2) is 0 Å². The molecule has 1 heterocycles. The summed E-state index contributed by atoms with van der Waals surface area (Å²) in [6.45, 7) is 5.12. The van der Waals surface area contributed by atoms with Crippen LogP contribution in [0.1, 0.15) is 20.3 Å². The molecule has 5 nitrogen and oxygen atoms in total. The molecule has 1 aliphatic heterocycles. The number of hydrogen-bond donors (Lipinski definition) is 2. The molecule has 15 heavy (non-hydrogen) atoms. The second kappa shape index (κ2) is 13.8. The van der Waals surface area contributed by atoms with Crippen LogP contribution in [-0.4, -0.2) is 56.6 Å². The van der Waals surface area contributed by atoms with E-state index < -0.39 is 0 Å². The molecule has 1 rings (SSSR count). The first-order valence-electron chi connectivity index (χ1n) is 5.18. The van der Waals surface area contributed by atoms with E-state index >= 15 is 0 Å². The molecule has 0 saturated carbocycles. The SMILES string of the molecule is CC.CO.COC1COC(CCO)CO1. The molecule has 0 aromatic carbocycles. The van der Waals surface area contributed by atoms with Gasteiger partial charge in [0.15, 0.2) is 6.29 Å². The highest BCUT2D eigenvalue weighted by molar-refractivity contribution is 4.61. The van der Waals surface area contributed by atoms with Gasteiger partial charge in [0.05, 0.1) is 19.3 Å². The molecule has 1 aliphatic rings. The average molecular weight is 224 g/mol. The second-order valence-corrected chi connectivity index (χ2v) is 2.47. The summed E-state index contributed by atoms with van der Waals surface area (Å²) in [6, 6.07) is 0. The van der Waals surface area contributed by atoms with Gasteiger partial charge in [0.1, 0.15) is 0 Å². The molecule has 5 heteroatoms. The number of ether oxygens (including phenoxy) is 3. The van der Waals surface area contributed by atoms with E-state index in [2.05, 4.69) is 0 Å². The lowest BCUT2D eigenvalue weighted by molar-refractivity contribution is -0.226. The van der Waals surface area contributed by atoms with E-state index in [4.69, 9.17) is 24.4 Å². The van der Waals surface area contributed by atoms with Crippen molar-refractivity contribution in [2.75, 3.05) is 34.0 Å². The Kier molecular flexibility index (Phi) is 15.8. The van der Waals surface area contributed by atoms with Crippen molar-refractivity contribution in [1.82, 2.24) is 0 Å². The summed E-state index contributed by atoms with van der Waals surface area (Å²) in [4.78, 5) is 0. The summed E-state index contributed by atoms with van der Waals surface area (Å²) < 4.78 is 15.5. The largest absolute Gasteiger partial charge is 0.400 e. The molecule has 0 bridgehead atoms. The van der Waals surface area contributed by atoms with E-state index in [1.165, 1.54) is 0 Å². The standard InChI is InChI=1S/C7H14O4.C2H6.CH4O/c1-9-7-5-10-6(2-3-8)4-11-7;2*1-2/h6-8H,2-5H2,1H3;1-2H3;2H,1H3. The summed E-state index contributed by atoms with van der Waals surface area (Å²) in [5, 5.41) is 15.6. The van der Waals surface area contributed by atoms with E-state index in [1.807, 2.05) is 13.8 Å². The number of rotatable bonds is 3. The van der Waals surface area contributed by atoms with Gasteiger partial charge in [-0.1, -0.05) is 13.8 Å². The molecule has 2 unspecified atom stereocenters. The fourth-order valence-corrected chi connectivity index (χ4v) is 0.972. The van der Waals surface area contributed by atoms with Gasteiger partial charge in [0.2, 0.25) is 0 Å². The molecule has 0 amide bonds. The van der Waals surface area contributed by atoms with Crippen molar-refractivity contribution in [3.63, 3.8) is 0 Å². The molecular formula is C10H24O5. The summed E-state index contributed by atoms with van der Waals surface area (Å²) in [5.41, 5.74) is 0. The average Bonchev–Trinajstić information content (AvgIpc) is 2.36. The Hall–Kier alpha value is -0.200. The maximum atomic E-state index is 8.57. The third-order valence-electron chi connectivity index (χ3n) is 1.65. The second-order valence-electron chi connectivity index (χ2n) is 2.47. The zero-order valence-corrected chi connectivity index (χ0v) is 10.1. The van der Waals surface area contributed by atoms with Gasteiger partial charge < -0.3 is 24.4 Å². The van der Waals surface area contributed by atoms with Crippen LogP contribution in [0.25, 0.3) is 0 Å². The predicted molar refractivity (Wildman–Crippen MR) is 57.7 cm³/mol. The Labute approximate surface area is 92.0 Å². The Morgan fingerprint density at radius 2 is 1.80 bits per heavy atom. The topological polar surface area (TPSA) is 68.2 Å².